The van der Waals surface area contributed by atoms with Gasteiger partial charge in [0.1, 0.15) is 12.1 Å². The molecule has 0 unspecified atom stereocenters. The summed E-state index contributed by atoms with van der Waals surface area (Å²) in [7, 11) is 0. The van der Waals surface area contributed by atoms with E-state index < -0.39 is 5.54 Å². The van der Waals surface area contributed by atoms with Gasteiger partial charge in [0.2, 0.25) is 0 Å². The molecule has 0 aliphatic heterocycles. The van der Waals surface area contributed by atoms with E-state index in [1.807, 2.05) is 30.3 Å². The van der Waals surface area contributed by atoms with E-state index in [1.54, 1.807) is 6.08 Å². The number of carbonyl (C=O) groups excluding carboxylic acids is 1. The molecule has 1 aromatic rings. The number of nitrogens with two attached hydrogens (primary N) is 1. The third-order valence-corrected chi connectivity index (χ3v) is 2.94. The maximum Gasteiger partial charge on any atom is 0.327 e. The number of esters is 1. The van der Waals surface area contributed by atoms with Gasteiger partial charge in [0, 0.05) is 5.92 Å². The van der Waals surface area contributed by atoms with Crippen LogP contribution in [-0.4, -0.2) is 11.5 Å². The number of benzene rings is 1. The molecule has 16 heavy (non-hydrogen) atoms. The summed E-state index contributed by atoms with van der Waals surface area (Å²) in [6.07, 6.45) is 2.36. The van der Waals surface area contributed by atoms with Crippen molar-refractivity contribution in [1.82, 2.24) is 0 Å². The number of ether oxygens (including phenoxy) is 1. The highest BCUT2D eigenvalue weighted by molar-refractivity contribution is 5.85. The molecule has 0 saturated heterocycles. The van der Waals surface area contributed by atoms with Crippen molar-refractivity contribution in [3.05, 3.63) is 48.6 Å². The lowest BCUT2D eigenvalue weighted by molar-refractivity contribution is -0.148. The molecule has 1 aliphatic rings. The van der Waals surface area contributed by atoms with Gasteiger partial charge in [-0.25, -0.2) is 0 Å². The Morgan fingerprint density at radius 3 is 2.81 bits per heavy atom. The van der Waals surface area contributed by atoms with Gasteiger partial charge < -0.3 is 10.5 Å². The Bertz CT molecular complexity index is 402. The monoisotopic (exact) mass is 217 g/mol. The highest BCUT2D eigenvalue weighted by atomic mass is 16.5. The van der Waals surface area contributed by atoms with Gasteiger partial charge >= 0.3 is 5.97 Å². The zero-order valence-corrected chi connectivity index (χ0v) is 9.06. The van der Waals surface area contributed by atoms with Crippen molar-refractivity contribution in [2.45, 2.75) is 18.6 Å². The smallest absolute Gasteiger partial charge is 0.327 e. The second-order valence-electron chi connectivity index (χ2n) is 4.15. The SMILES string of the molecule is C=C[C@@H]1C[C@]1(N)C(=O)OCc1ccccc1. The summed E-state index contributed by atoms with van der Waals surface area (Å²) in [5.41, 5.74) is 6.01. The average Bonchev–Trinajstić information content (AvgIpc) is 3.00. The van der Waals surface area contributed by atoms with E-state index in [0.29, 0.717) is 6.42 Å². The van der Waals surface area contributed by atoms with Crippen molar-refractivity contribution in [3.63, 3.8) is 0 Å². The van der Waals surface area contributed by atoms with Crippen molar-refractivity contribution in [2.75, 3.05) is 0 Å². The van der Waals surface area contributed by atoms with Crippen molar-refractivity contribution >= 4 is 5.97 Å². The molecule has 0 radical (unpaired) electrons. The van der Waals surface area contributed by atoms with Gasteiger partial charge in [-0.05, 0) is 12.0 Å². The average molecular weight is 217 g/mol. The van der Waals surface area contributed by atoms with Crippen molar-refractivity contribution in [3.8, 4) is 0 Å². The maximum atomic E-state index is 11.7. The molecule has 84 valence electrons. The van der Waals surface area contributed by atoms with E-state index in [1.165, 1.54) is 0 Å². The van der Waals surface area contributed by atoms with Crippen LogP contribution in [-0.2, 0) is 16.1 Å². The number of hydrogen-bond donors (Lipinski definition) is 1. The molecular formula is C13H15NO2. The van der Waals surface area contributed by atoms with Crippen LogP contribution >= 0.6 is 0 Å². The van der Waals surface area contributed by atoms with E-state index in [4.69, 9.17) is 10.5 Å². The first kappa shape index (κ1) is 10.9. The van der Waals surface area contributed by atoms with Gasteiger partial charge in [-0.1, -0.05) is 36.4 Å². The molecule has 3 heteroatoms. The largest absolute Gasteiger partial charge is 0.459 e. The van der Waals surface area contributed by atoms with Crippen LogP contribution in [0, 0.1) is 5.92 Å². The highest BCUT2D eigenvalue weighted by Gasteiger charge is 2.56. The molecule has 0 spiro atoms. The molecule has 3 nitrogen and oxygen atoms in total. The molecule has 2 atom stereocenters. The van der Waals surface area contributed by atoms with Crippen LogP contribution in [0.5, 0.6) is 0 Å². The molecule has 0 heterocycles. The van der Waals surface area contributed by atoms with Gasteiger partial charge in [-0.15, -0.1) is 6.58 Å². The molecule has 1 saturated carbocycles. The molecule has 0 bridgehead atoms. The summed E-state index contributed by atoms with van der Waals surface area (Å²) in [5, 5.41) is 0. The number of hydrogen-bond acceptors (Lipinski definition) is 3. The predicted molar refractivity (Wildman–Crippen MR) is 61.5 cm³/mol. The first-order chi connectivity index (χ1) is 7.66. The Balaban J connectivity index is 1.88. The van der Waals surface area contributed by atoms with Crippen LogP contribution < -0.4 is 5.73 Å². The summed E-state index contributed by atoms with van der Waals surface area (Å²) in [5.74, 6) is -0.267. The Morgan fingerprint density at radius 1 is 1.56 bits per heavy atom. The van der Waals surface area contributed by atoms with Gasteiger partial charge in [0.15, 0.2) is 0 Å². The minimum atomic E-state index is -0.823. The molecule has 0 amide bonds. The molecule has 1 fully saturated rings. The van der Waals surface area contributed by atoms with Gasteiger partial charge in [-0.2, -0.15) is 0 Å². The third-order valence-electron chi connectivity index (χ3n) is 2.94. The first-order valence-electron chi connectivity index (χ1n) is 5.29. The van der Waals surface area contributed by atoms with E-state index in [2.05, 4.69) is 6.58 Å². The van der Waals surface area contributed by atoms with E-state index in [0.717, 1.165) is 5.56 Å². The van der Waals surface area contributed by atoms with Gasteiger partial charge in [-0.3, -0.25) is 4.79 Å². The fourth-order valence-electron chi connectivity index (χ4n) is 1.69. The van der Waals surface area contributed by atoms with Crippen LogP contribution in [0.2, 0.25) is 0 Å². The summed E-state index contributed by atoms with van der Waals surface area (Å²) >= 11 is 0. The molecule has 2 N–H and O–H groups in total. The molecule has 0 aromatic heterocycles. The van der Waals surface area contributed by atoms with Crippen molar-refractivity contribution < 1.29 is 9.53 Å². The standard InChI is InChI=1S/C13H15NO2/c1-2-11-8-13(11,14)12(15)16-9-10-6-4-3-5-7-10/h2-7,11H,1,8-9,14H2/t11-,13-/m1/s1. The maximum absolute atomic E-state index is 11.7. The fourth-order valence-corrected chi connectivity index (χ4v) is 1.69. The lowest BCUT2D eigenvalue weighted by atomic mass is 10.2. The van der Waals surface area contributed by atoms with Crippen molar-refractivity contribution in [2.24, 2.45) is 11.7 Å². The number of carbonyl (C=O) groups is 1. The summed E-state index contributed by atoms with van der Waals surface area (Å²) in [6, 6.07) is 9.56. The van der Waals surface area contributed by atoms with Crippen LogP contribution in [0.4, 0.5) is 0 Å². The van der Waals surface area contributed by atoms with E-state index in [-0.39, 0.29) is 18.5 Å². The number of rotatable bonds is 4. The van der Waals surface area contributed by atoms with Crippen LogP contribution in [0.1, 0.15) is 12.0 Å². The summed E-state index contributed by atoms with van der Waals surface area (Å²) < 4.78 is 5.18. The van der Waals surface area contributed by atoms with Gasteiger partial charge in [0.25, 0.3) is 0 Å². The van der Waals surface area contributed by atoms with Crippen molar-refractivity contribution in [1.29, 1.82) is 0 Å². The Kier molecular flexibility index (Phi) is 2.79. The zero-order valence-electron chi connectivity index (χ0n) is 9.06. The molecular weight excluding hydrogens is 202 g/mol. The predicted octanol–water partition coefficient (Wildman–Crippen LogP) is 1.63. The van der Waals surface area contributed by atoms with Gasteiger partial charge in [0.05, 0.1) is 0 Å². The lowest BCUT2D eigenvalue weighted by Crippen LogP contribution is -2.36. The van der Waals surface area contributed by atoms with Crippen LogP contribution in [0.25, 0.3) is 0 Å². The molecule has 1 aromatic carbocycles. The molecule has 2 rings (SSSR count). The first-order valence-corrected chi connectivity index (χ1v) is 5.29. The Labute approximate surface area is 94.9 Å². The third kappa shape index (κ3) is 1.99. The lowest BCUT2D eigenvalue weighted by Gasteiger charge is -2.10. The summed E-state index contributed by atoms with van der Waals surface area (Å²) in [6.45, 7) is 3.91. The quantitative estimate of drug-likeness (QED) is 0.616. The minimum absolute atomic E-state index is 0.0655. The van der Waals surface area contributed by atoms with E-state index in [9.17, 15) is 4.79 Å². The van der Waals surface area contributed by atoms with Crippen LogP contribution in [0.3, 0.4) is 0 Å². The normalized spacial score (nSPS) is 27.2. The second-order valence-corrected chi connectivity index (χ2v) is 4.15. The Morgan fingerprint density at radius 2 is 2.25 bits per heavy atom. The summed E-state index contributed by atoms with van der Waals surface area (Å²) in [4.78, 5) is 11.7. The topological polar surface area (TPSA) is 52.3 Å². The Hall–Kier alpha value is -1.61. The fraction of sp³-hybridized carbons (Fsp3) is 0.308. The second kappa shape index (κ2) is 4.10. The molecule has 1 aliphatic carbocycles. The zero-order chi connectivity index (χ0) is 11.6. The van der Waals surface area contributed by atoms with Crippen LogP contribution in [0.15, 0.2) is 43.0 Å². The highest BCUT2D eigenvalue weighted by Crippen LogP contribution is 2.42. The minimum Gasteiger partial charge on any atom is -0.459 e. The van der Waals surface area contributed by atoms with E-state index >= 15 is 0 Å².